The summed E-state index contributed by atoms with van der Waals surface area (Å²) in [6.07, 6.45) is 0.558. The molecular formula is C20H17ClN2O5S. The molecule has 0 atom stereocenters. The Morgan fingerprint density at radius 2 is 2.00 bits per heavy atom. The van der Waals surface area contributed by atoms with Crippen molar-refractivity contribution < 1.29 is 22.7 Å². The van der Waals surface area contributed by atoms with Gasteiger partial charge in [0.2, 0.25) is 0 Å². The molecule has 7 nitrogen and oxygen atoms in total. The second-order valence-corrected chi connectivity index (χ2v) is 8.94. The lowest BCUT2D eigenvalue weighted by Crippen LogP contribution is -2.16. The summed E-state index contributed by atoms with van der Waals surface area (Å²) in [5.74, 6) is -0.477. The molecule has 0 radical (unpaired) electrons. The largest absolute Gasteiger partial charge is 0.481 e. The Balaban J connectivity index is 1.87. The standard InChI is InChI=1S/C20H17ClN2O5S/c1-12-22-17-7-6-16(11-19(17)28-12)29(26,27)23-15(3-2-4-20(24)25)10-13-9-14(21)5-8-18(13)23/h5-11H,2-4H2,1H3,(H,24,25). The lowest BCUT2D eigenvalue weighted by molar-refractivity contribution is -0.137. The maximum atomic E-state index is 13.5. The summed E-state index contributed by atoms with van der Waals surface area (Å²) in [6.45, 7) is 1.69. The Labute approximate surface area is 171 Å². The van der Waals surface area contributed by atoms with Gasteiger partial charge in [-0.25, -0.2) is 17.4 Å². The van der Waals surface area contributed by atoms with E-state index in [1.54, 1.807) is 37.3 Å². The lowest BCUT2D eigenvalue weighted by atomic mass is 10.2. The number of aliphatic carboxylic acids is 1. The lowest BCUT2D eigenvalue weighted by Gasteiger charge is -2.12. The van der Waals surface area contributed by atoms with E-state index in [2.05, 4.69) is 4.98 Å². The van der Waals surface area contributed by atoms with Gasteiger partial charge in [-0.1, -0.05) is 11.6 Å². The molecule has 2 aromatic carbocycles. The second kappa shape index (κ2) is 7.20. The first-order valence-corrected chi connectivity index (χ1v) is 10.7. The summed E-state index contributed by atoms with van der Waals surface area (Å²) >= 11 is 6.07. The van der Waals surface area contributed by atoms with Gasteiger partial charge in [-0.3, -0.25) is 4.79 Å². The second-order valence-electron chi connectivity index (χ2n) is 6.72. The third-order valence-corrected chi connectivity index (χ3v) is 6.62. The molecule has 150 valence electrons. The number of rotatable bonds is 6. The Morgan fingerprint density at radius 1 is 1.21 bits per heavy atom. The monoisotopic (exact) mass is 432 g/mol. The van der Waals surface area contributed by atoms with E-state index in [0.29, 0.717) is 51.5 Å². The van der Waals surface area contributed by atoms with Crippen LogP contribution in [0.4, 0.5) is 0 Å². The van der Waals surface area contributed by atoms with E-state index >= 15 is 0 Å². The molecule has 9 heteroatoms. The zero-order chi connectivity index (χ0) is 20.8. The normalized spacial score (nSPS) is 12.1. The topological polar surface area (TPSA) is 102 Å². The molecule has 29 heavy (non-hydrogen) atoms. The number of aryl methyl sites for hydroxylation is 2. The summed E-state index contributed by atoms with van der Waals surface area (Å²) < 4.78 is 33.8. The van der Waals surface area contributed by atoms with E-state index in [1.165, 1.54) is 16.1 Å². The number of hydrogen-bond donors (Lipinski definition) is 1. The van der Waals surface area contributed by atoms with Crippen molar-refractivity contribution in [1.82, 2.24) is 8.96 Å². The van der Waals surface area contributed by atoms with Crippen LogP contribution in [0.1, 0.15) is 24.4 Å². The smallest absolute Gasteiger partial charge is 0.303 e. The van der Waals surface area contributed by atoms with Crippen molar-refractivity contribution in [3.8, 4) is 0 Å². The fourth-order valence-electron chi connectivity index (χ4n) is 3.38. The average molecular weight is 433 g/mol. The molecule has 0 amide bonds. The Hall–Kier alpha value is -2.84. The van der Waals surface area contributed by atoms with Crippen LogP contribution in [-0.4, -0.2) is 28.5 Å². The van der Waals surface area contributed by atoms with E-state index < -0.39 is 16.0 Å². The molecule has 0 aliphatic rings. The van der Waals surface area contributed by atoms with E-state index in [1.807, 2.05) is 0 Å². The number of carboxylic acid groups (broad SMARTS) is 1. The number of aromatic nitrogens is 2. The summed E-state index contributed by atoms with van der Waals surface area (Å²) in [6, 6.07) is 11.2. The highest BCUT2D eigenvalue weighted by molar-refractivity contribution is 7.90. The van der Waals surface area contributed by atoms with Gasteiger partial charge in [-0.2, -0.15) is 0 Å². The molecule has 1 N–H and O–H groups in total. The van der Waals surface area contributed by atoms with E-state index in [9.17, 15) is 13.2 Å². The zero-order valence-corrected chi connectivity index (χ0v) is 17.0. The fraction of sp³-hybridized carbons (Fsp3) is 0.200. The zero-order valence-electron chi connectivity index (χ0n) is 15.4. The van der Waals surface area contributed by atoms with Crippen LogP contribution in [0.5, 0.6) is 0 Å². The SMILES string of the molecule is Cc1nc2ccc(S(=O)(=O)n3c(CCCC(=O)O)cc4cc(Cl)ccc43)cc2o1. The van der Waals surface area contributed by atoms with Crippen molar-refractivity contribution in [2.45, 2.75) is 31.1 Å². The third kappa shape index (κ3) is 3.61. The molecule has 0 bridgehead atoms. The Morgan fingerprint density at radius 3 is 2.76 bits per heavy atom. The van der Waals surface area contributed by atoms with Crippen LogP contribution in [0.25, 0.3) is 22.0 Å². The van der Waals surface area contributed by atoms with Gasteiger partial charge in [0, 0.05) is 35.5 Å². The van der Waals surface area contributed by atoms with Crippen LogP contribution >= 0.6 is 11.6 Å². The first kappa shape index (κ1) is 19.5. The number of carboxylic acids is 1. The molecule has 0 spiro atoms. The van der Waals surface area contributed by atoms with Gasteiger partial charge in [0.1, 0.15) is 5.52 Å². The van der Waals surface area contributed by atoms with Crippen molar-refractivity contribution in [2.75, 3.05) is 0 Å². The van der Waals surface area contributed by atoms with Crippen molar-refractivity contribution >= 4 is 49.6 Å². The molecule has 0 aliphatic heterocycles. The van der Waals surface area contributed by atoms with Crippen LogP contribution in [0.2, 0.25) is 5.02 Å². The first-order chi connectivity index (χ1) is 13.8. The molecule has 0 fully saturated rings. The van der Waals surface area contributed by atoms with Gasteiger partial charge >= 0.3 is 5.97 Å². The minimum absolute atomic E-state index is 0.0500. The molecule has 2 aromatic heterocycles. The van der Waals surface area contributed by atoms with E-state index in [0.717, 1.165) is 0 Å². The minimum atomic E-state index is -3.96. The van der Waals surface area contributed by atoms with Crippen LogP contribution in [0.3, 0.4) is 0 Å². The Bertz CT molecular complexity index is 1350. The molecule has 4 rings (SSSR count). The van der Waals surface area contributed by atoms with Crippen molar-refractivity contribution in [1.29, 1.82) is 0 Å². The Kier molecular flexibility index (Phi) is 4.84. The van der Waals surface area contributed by atoms with Gasteiger partial charge in [-0.15, -0.1) is 0 Å². The predicted molar refractivity (Wildman–Crippen MR) is 109 cm³/mol. The van der Waals surface area contributed by atoms with Crippen LogP contribution in [-0.2, 0) is 21.2 Å². The number of fused-ring (bicyclic) bond motifs is 2. The quantitative estimate of drug-likeness (QED) is 0.484. The maximum Gasteiger partial charge on any atom is 0.303 e. The molecule has 0 saturated carbocycles. The minimum Gasteiger partial charge on any atom is -0.481 e. The molecule has 0 saturated heterocycles. The average Bonchev–Trinajstić information content (AvgIpc) is 3.19. The summed E-state index contributed by atoms with van der Waals surface area (Å²) in [5.41, 5.74) is 1.94. The van der Waals surface area contributed by atoms with Gasteiger partial charge < -0.3 is 9.52 Å². The molecule has 0 unspecified atom stereocenters. The molecule has 0 aliphatic carbocycles. The highest BCUT2D eigenvalue weighted by Gasteiger charge is 2.24. The van der Waals surface area contributed by atoms with E-state index in [4.69, 9.17) is 21.1 Å². The van der Waals surface area contributed by atoms with Crippen molar-refractivity contribution in [2.24, 2.45) is 0 Å². The number of benzene rings is 2. The first-order valence-electron chi connectivity index (χ1n) is 8.90. The van der Waals surface area contributed by atoms with Crippen LogP contribution < -0.4 is 0 Å². The van der Waals surface area contributed by atoms with Gasteiger partial charge in [0.15, 0.2) is 11.5 Å². The molecule has 2 heterocycles. The summed E-state index contributed by atoms with van der Waals surface area (Å²) in [4.78, 5) is 15.1. The van der Waals surface area contributed by atoms with Crippen LogP contribution in [0.15, 0.2) is 51.8 Å². The molecular weight excluding hydrogens is 416 g/mol. The van der Waals surface area contributed by atoms with Gasteiger partial charge in [-0.05, 0) is 49.2 Å². The van der Waals surface area contributed by atoms with Crippen molar-refractivity contribution in [3.05, 3.63) is 59.1 Å². The number of nitrogens with zero attached hydrogens (tertiary/aromatic N) is 2. The third-order valence-electron chi connectivity index (χ3n) is 4.62. The number of carbonyl (C=O) groups is 1. The highest BCUT2D eigenvalue weighted by atomic mass is 35.5. The fourth-order valence-corrected chi connectivity index (χ4v) is 5.15. The summed E-state index contributed by atoms with van der Waals surface area (Å²) in [5, 5.41) is 10.1. The predicted octanol–water partition coefficient (Wildman–Crippen LogP) is 4.39. The number of halogens is 1. The summed E-state index contributed by atoms with van der Waals surface area (Å²) in [7, 11) is -3.96. The maximum absolute atomic E-state index is 13.5. The highest BCUT2D eigenvalue weighted by Crippen LogP contribution is 2.30. The molecule has 4 aromatic rings. The van der Waals surface area contributed by atoms with Crippen LogP contribution in [0, 0.1) is 6.92 Å². The number of oxazole rings is 1. The van der Waals surface area contributed by atoms with Gasteiger partial charge in [0.25, 0.3) is 10.0 Å². The van der Waals surface area contributed by atoms with Crippen molar-refractivity contribution in [3.63, 3.8) is 0 Å². The number of hydrogen-bond acceptors (Lipinski definition) is 5. The van der Waals surface area contributed by atoms with E-state index in [-0.39, 0.29) is 11.3 Å². The van der Waals surface area contributed by atoms with Gasteiger partial charge in [0.05, 0.1) is 10.4 Å².